The van der Waals surface area contributed by atoms with Crippen LogP contribution in [0.5, 0.6) is 11.5 Å². The molecule has 29 heavy (non-hydrogen) atoms. The Morgan fingerprint density at radius 1 is 0.897 bits per heavy atom. The minimum atomic E-state index is -0.0530. The van der Waals surface area contributed by atoms with Gasteiger partial charge in [0, 0.05) is 23.2 Å². The lowest BCUT2D eigenvalue weighted by Crippen LogP contribution is -2.25. The molecule has 2 aliphatic rings. The second-order valence-electron chi connectivity index (χ2n) is 7.61. The Balaban J connectivity index is 1.70. The lowest BCUT2D eigenvalue weighted by Gasteiger charge is -2.35. The van der Waals surface area contributed by atoms with Crippen molar-refractivity contribution >= 4 is 27.8 Å². The summed E-state index contributed by atoms with van der Waals surface area (Å²) in [5.41, 5.74) is 5.19. The van der Waals surface area contributed by atoms with Gasteiger partial charge in [0.05, 0.1) is 20.3 Å². The molecule has 1 unspecified atom stereocenters. The van der Waals surface area contributed by atoms with Crippen LogP contribution in [-0.2, 0) is 4.79 Å². The Morgan fingerprint density at radius 3 is 2.41 bits per heavy atom. The number of fused-ring (bicyclic) bond motifs is 3. The monoisotopic (exact) mass is 385 g/mol. The summed E-state index contributed by atoms with van der Waals surface area (Å²) in [5, 5.41) is 6.03. The predicted octanol–water partition coefficient (Wildman–Crippen LogP) is 5.53. The Morgan fingerprint density at radius 2 is 1.66 bits per heavy atom. The molecule has 1 aliphatic carbocycles. The van der Waals surface area contributed by atoms with Crippen LogP contribution in [0.25, 0.3) is 16.3 Å². The van der Waals surface area contributed by atoms with E-state index in [-0.39, 0.29) is 11.8 Å². The van der Waals surface area contributed by atoms with E-state index in [1.807, 2.05) is 24.3 Å². The smallest absolute Gasteiger partial charge is 0.163 e. The minimum Gasteiger partial charge on any atom is -0.493 e. The van der Waals surface area contributed by atoms with Gasteiger partial charge in [0.25, 0.3) is 0 Å². The molecule has 0 fully saturated rings. The van der Waals surface area contributed by atoms with Crippen molar-refractivity contribution in [2.75, 3.05) is 19.5 Å². The molecular weight excluding hydrogens is 362 g/mol. The molecule has 0 amide bonds. The van der Waals surface area contributed by atoms with E-state index in [2.05, 4.69) is 35.6 Å². The third-order valence-electron chi connectivity index (χ3n) is 5.99. The summed E-state index contributed by atoms with van der Waals surface area (Å²) in [6, 6.07) is 18.5. The summed E-state index contributed by atoms with van der Waals surface area (Å²) in [6.45, 7) is 0. The maximum Gasteiger partial charge on any atom is 0.163 e. The van der Waals surface area contributed by atoms with Gasteiger partial charge in [0.2, 0.25) is 0 Å². The molecule has 1 N–H and O–H groups in total. The fraction of sp³-hybridized carbons (Fsp3) is 0.240. The molecule has 5 rings (SSSR count). The van der Waals surface area contributed by atoms with E-state index in [0.717, 1.165) is 46.0 Å². The van der Waals surface area contributed by atoms with E-state index in [0.29, 0.717) is 17.9 Å². The van der Waals surface area contributed by atoms with Crippen LogP contribution in [0.3, 0.4) is 0 Å². The number of methoxy groups -OCH3 is 2. The van der Waals surface area contributed by atoms with E-state index in [4.69, 9.17) is 9.47 Å². The maximum absolute atomic E-state index is 13.0. The molecule has 4 nitrogen and oxygen atoms in total. The summed E-state index contributed by atoms with van der Waals surface area (Å²) in [5.74, 6) is 1.64. The molecule has 0 saturated heterocycles. The highest BCUT2D eigenvalue weighted by Crippen LogP contribution is 2.47. The zero-order valence-electron chi connectivity index (χ0n) is 16.6. The number of hydrogen-bond acceptors (Lipinski definition) is 4. The van der Waals surface area contributed by atoms with Gasteiger partial charge in [-0.05, 0) is 59.0 Å². The maximum atomic E-state index is 13.0. The molecule has 4 heteroatoms. The highest BCUT2D eigenvalue weighted by atomic mass is 16.5. The molecule has 0 radical (unpaired) electrons. The van der Waals surface area contributed by atoms with Gasteiger partial charge in [-0.1, -0.05) is 30.3 Å². The van der Waals surface area contributed by atoms with Crippen LogP contribution in [0, 0.1) is 0 Å². The molecule has 146 valence electrons. The van der Waals surface area contributed by atoms with Crippen molar-refractivity contribution < 1.29 is 14.3 Å². The largest absolute Gasteiger partial charge is 0.493 e. The molecule has 0 aromatic heterocycles. The molecule has 1 aliphatic heterocycles. The number of rotatable bonds is 3. The van der Waals surface area contributed by atoms with Crippen LogP contribution in [-0.4, -0.2) is 20.0 Å². The van der Waals surface area contributed by atoms with Crippen molar-refractivity contribution in [1.29, 1.82) is 0 Å². The Bertz CT molecular complexity index is 1160. The Hall–Kier alpha value is -3.27. The second-order valence-corrected chi connectivity index (χ2v) is 7.61. The molecule has 3 aromatic rings. The fourth-order valence-electron chi connectivity index (χ4n) is 4.61. The van der Waals surface area contributed by atoms with Gasteiger partial charge in [-0.15, -0.1) is 0 Å². The minimum absolute atomic E-state index is 0.0530. The average molecular weight is 385 g/mol. The SMILES string of the molecule is COc1ccc(C2Nc3cc4ccccc4cc3C3=C2CCCC3=O)cc1OC. The zero-order chi connectivity index (χ0) is 20.0. The second kappa shape index (κ2) is 6.96. The number of anilines is 1. The number of benzene rings is 3. The summed E-state index contributed by atoms with van der Waals surface area (Å²) in [6.07, 6.45) is 2.43. The molecule has 0 spiro atoms. The number of ether oxygens (including phenoxy) is 2. The van der Waals surface area contributed by atoms with Crippen molar-refractivity contribution in [3.05, 3.63) is 71.3 Å². The summed E-state index contributed by atoms with van der Waals surface area (Å²) in [4.78, 5) is 13.0. The molecule has 0 bridgehead atoms. The lowest BCUT2D eigenvalue weighted by molar-refractivity contribution is -0.114. The van der Waals surface area contributed by atoms with Gasteiger partial charge in [-0.3, -0.25) is 4.79 Å². The quantitative estimate of drug-likeness (QED) is 0.644. The third kappa shape index (κ3) is 2.87. The van der Waals surface area contributed by atoms with Gasteiger partial charge in [0.1, 0.15) is 0 Å². The van der Waals surface area contributed by atoms with Crippen LogP contribution in [0.1, 0.15) is 36.4 Å². The predicted molar refractivity (Wildman–Crippen MR) is 116 cm³/mol. The topological polar surface area (TPSA) is 47.6 Å². The third-order valence-corrected chi connectivity index (χ3v) is 5.99. The first kappa shape index (κ1) is 17.8. The first-order valence-corrected chi connectivity index (χ1v) is 9.97. The van der Waals surface area contributed by atoms with Gasteiger partial charge in [-0.2, -0.15) is 0 Å². The number of Topliss-reactive ketones (excluding diaryl/α,β-unsaturated/α-hetero) is 1. The summed E-state index contributed by atoms with van der Waals surface area (Å²) < 4.78 is 10.9. The zero-order valence-corrected chi connectivity index (χ0v) is 16.6. The number of allylic oxidation sites excluding steroid dienone is 1. The van der Waals surface area contributed by atoms with Crippen LogP contribution >= 0.6 is 0 Å². The molecule has 0 saturated carbocycles. The Kier molecular flexibility index (Phi) is 4.27. The van der Waals surface area contributed by atoms with E-state index < -0.39 is 0 Å². The van der Waals surface area contributed by atoms with Crippen LogP contribution in [0.4, 0.5) is 5.69 Å². The van der Waals surface area contributed by atoms with Gasteiger partial charge < -0.3 is 14.8 Å². The van der Waals surface area contributed by atoms with E-state index in [1.54, 1.807) is 14.2 Å². The van der Waals surface area contributed by atoms with Crippen molar-refractivity contribution in [1.82, 2.24) is 0 Å². The van der Waals surface area contributed by atoms with Gasteiger partial charge in [-0.25, -0.2) is 0 Å². The molecule has 1 heterocycles. The Labute approximate surface area is 170 Å². The number of carbonyl (C=O) groups is 1. The standard InChI is InChI=1S/C25H23NO3/c1-28-22-11-10-17(14-23(22)29-2)25-18-8-5-9-21(27)24(18)19-12-15-6-3-4-7-16(15)13-20(19)26-25/h3-4,6-7,10-14,25-26H,5,8-9H2,1-2H3. The molecular formula is C25H23NO3. The van der Waals surface area contributed by atoms with Gasteiger partial charge in [0.15, 0.2) is 17.3 Å². The van der Waals surface area contributed by atoms with Gasteiger partial charge >= 0.3 is 0 Å². The lowest BCUT2D eigenvalue weighted by atomic mass is 9.77. The number of nitrogens with one attached hydrogen (secondary N) is 1. The number of hydrogen-bond donors (Lipinski definition) is 1. The molecule has 1 atom stereocenters. The fourth-order valence-corrected chi connectivity index (χ4v) is 4.61. The average Bonchev–Trinajstić information content (AvgIpc) is 2.76. The van der Waals surface area contributed by atoms with E-state index >= 15 is 0 Å². The first-order chi connectivity index (χ1) is 14.2. The summed E-state index contributed by atoms with van der Waals surface area (Å²) in [7, 11) is 3.28. The van der Waals surface area contributed by atoms with Crippen molar-refractivity contribution in [3.8, 4) is 11.5 Å². The number of ketones is 1. The highest BCUT2D eigenvalue weighted by Gasteiger charge is 2.34. The van der Waals surface area contributed by atoms with Crippen molar-refractivity contribution in [2.24, 2.45) is 0 Å². The molecule has 3 aromatic carbocycles. The van der Waals surface area contributed by atoms with Crippen LogP contribution in [0.15, 0.2) is 60.2 Å². The number of carbonyl (C=O) groups excluding carboxylic acids is 1. The first-order valence-electron chi connectivity index (χ1n) is 9.97. The normalized spacial score (nSPS) is 18.1. The van der Waals surface area contributed by atoms with Crippen LogP contribution in [0.2, 0.25) is 0 Å². The van der Waals surface area contributed by atoms with Crippen molar-refractivity contribution in [3.63, 3.8) is 0 Å². The summed E-state index contributed by atoms with van der Waals surface area (Å²) >= 11 is 0. The van der Waals surface area contributed by atoms with Crippen molar-refractivity contribution in [2.45, 2.75) is 25.3 Å². The van der Waals surface area contributed by atoms with E-state index in [1.165, 1.54) is 5.57 Å². The highest BCUT2D eigenvalue weighted by molar-refractivity contribution is 6.25. The van der Waals surface area contributed by atoms with E-state index in [9.17, 15) is 4.79 Å². The van der Waals surface area contributed by atoms with Crippen LogP contribution < -0.4 is 14.8 Å².